The molecule has 0 unspecified atom stereocenters. The molecule has 0 atom stereocenters. The molecule has 0 saturated carbocycles. The Morgan fingerprint density at radius 1 is 1.00 bits per heavy atom. The first-order chi connectivity index (χ1) is 17.1. The predicted octanol–water partition coefficient (Wildman–Crippen LogP) is 5.70. The molecule has 3 aromatic rings. The monoisotopic (exact) mass is 493 g/mol. The van der Waals surface area contributed by atoms with Crippen molar-refractivity contribution in [3.8, 4) is 17.3 Å². The van der Waals surface area contributed by atoms with E-state index in [0.29, 0.717) is 24.2 Å². The summed E-state index contributed by atoms with van der Waals surface area (Å²) in [5.74, 6) is -0.121. The summed E-state index contributed by atoms with van der Waals surface area (Å²) < 4.78 is 42.6. The third-order valence-electron chi connectivity index (χ3n) is 6.61. The lowest BCUT2D eigenvalue weighted by Crippen LogP contribution is -2.35. The topological polar surface area (TPSA) is 66.1 Å². The summed E-state index contributed by atoms with van der Waals surface area (Å²) in [5.41, 5.74) is 0.263. The van der Waals surface area contributed by atoms with E-state index in [1.807, 2.05) is 32.0 Å². The molecule has 8 heteroatoms. The SMILES string of the molecule is Cc1ccc(Cn2c(-c3ccc(C(=O)N4CCCCC4)cc3)cc(C(F)(F)F)c(C#N)c2=O)c(C)c1. The fourth-order valence-electron chi connectivity index (χ4n) is 4.63. The summed E-state index contributed by atoms with van der Waals surface area (Å²) in [4.78, 5) is 27.8. The van der Waals surface area contributed by atoms with Gasteiger partial charge in [-0.2, -0.15) is 18.4 Å². The van der Waals surface area contributed by atoms with Gasteiger partial charge < -0.3 is 9.47 Å². The zero-order chi connectivity index (χ0) is 26.0. The molecule has 0 aliphatic carbocycles. The van der Waals surface area contributed by atoms with Crippen LogP contribution in [0, 0.1) is 25.2 Å². The van der Waals surface area contributed by atoms with Crippen molar-refractivity contribution in [3.05, 3.63) is 92.3 Å². The van der Waals surface area contributed by atoms with E-state index in [-0.39, 0.29) is 18.1 Å². The quantitative estimate of drug-likeness (QED) is 0.469. The van der Waals surface area contributed by atoms with Crippen LogP contribution < -0.4 is 5.56 Å². The first-order valence-electron chi connectivity index (χ1n) is 11.8. The van der Waals surface area contributed by atoms with E-state index in [1.54, 1.807) is 29.2 Å². The van der Waals surface area contributed by atoms with Gasteiger partial charge in [0.05, 0.1) is 17.8 Å². The largest absolute Gasteiger partial charge is 0.417 e. The Labute approximate surface area is 207 Å². The van der Waals surface area contributed by atoms with Crippen molar-refractivity contribution in [2.75, 3.05) is 13.1 Å². The summed E-state index contributed by atoms with van der Waals surface area (Å²) in [6.45, 7) is 5.15. The zero-order valence-corrected chi connectivity index (χ0v) is 20.2. The second-order valence-electron chi connectivity index (χ2n) is 9.18. The van der Waals surface area contributed by atoms with Gasteiger partial charge in [0.1, 0.15) is 11.6 Å². The Morgan fingerprint density at radius 3 is 2.25 bits per heavy atom. The number of hydrogen-bond donors (Lipinski definition) is 0. The normalized spacial score (nSPS) is 13.9. The Bertz CT molecular complexity index is 1390. The zero-order valence-electron chi connectivity index (χ0n) is 20.2. The Morgan fingerprint density at radius 2 is 1.67 bits per heavy atom. The number of alkyl halides is 3. The summed E-state index contributed by atoms with van der Waals surface area (Å²) in [6, 6.07) is 14.2. The number of halogens is 3. The number of aromatic nitrogens is 1. The van der Waals surface area contributed by atoms with Gasteiger partial charge in [-0.25, -0.2) is 0 Å². The van der Waals surface area contributed by atoms with E-state index in [1.165, 1.54) is 10.6 Å². The summed E-state index contributed by atoms with van der Waals surface area (Å²) in [7, 11) is 0. The number of nitrogens with zero attached hydrogens (tertiary/aromatic N) is 3. The summed E-state index contributed by atoms with van der Waals surface area (Å²) in [5, 5.41) is 9.42. The lowest BCUT2D eigenvalue weighted by atomic mass is 10.0. The standard InChI is InChI=1S/C28H26F3N3O2/c1-18-6-7-22(19(2)14-18)17-34-25(15-24(28(29,30)31)23(16-32)27(34)36)20-8-10-21(11-9-20)26(35)33-12-4-3-5-13-33/h6-11,14-15H,3-5,12-13,17H2,1-2H3. The van der Waals surface area contributed by atoms with E-state index in [2.05, 4.69) is 0 Å². The maximum Gasteiger partial charge on any atom is 0.417 e. The minimum absolute atomic E-state index is 0.00154. The van der Waals surface area contributed by atoms with Crippen molar-refractivity contribution in [1.82, 2.24) is 9.47 Å². The van der Waals surface area contributed by atoms with Crippen molar-refractivity contribution in [3.63, 3.8) is 0 Å². The lowest BCUT2D eigenvalue weighted by molar-refractivity contribution is -0.137. The molecule has 5 nitrogen and oxygen atoms in total. The average Bonchev–Trinajstić information content (AvgIpc) is 2.86. The number of pyridine rings is 1. The second-order valence-corrected chi connectivity index (χ2v) is 9.18. The van der Waals surface area contributed by atoms with Crippen LogP contribution in [0.25, 0.3) is 11.3 Å². The number of nitriles is 1. The molecule has 36 heavy (non-hydrogen) atoms. The van der Waals surface area contributed by atoms with E-state index in [4.69, 9.17) is 0 Å². The number of likely N-dealkylation sites (tertiary alicyclic amines) is 1. The highest BCUT2D eigenvalue weighted by Crippen LogP contribution is 2.34. The van der Waals surface area contributed by atoms with Gasteiger partial charge in [0, 0.05) is 18.7 Å². The van der Waals surface area contributed by atoms with E-state index >= 15 is 0 Å². The molecule has 0 radical (unpaired) electrons. The van der Waals surface area contributed by atoms with Crippen molar-refractivity contribution < 1.29 is 18.0 Å². The van der Waals surface area contributed by atoms with E-state index < -0.39 is 22.9 Å². The minimum Gasteiger partial charge on any atom is -0.339 e. The number of benzene rings is 2. The highest BCUT2D eigenvalue weighted by atomic mass is 19.4. The minimum atomic E-state index is -4.87. The fraction of sp³-hybridized carbons (Fsp3) is 0.321. The molecule has 1 fully saturated rings. The first kappa shape index (κ1) is 25.2. The van der Waals surface area contributed by atoms with Crippen LogP contribution in [0.15, 0.2) is 53.3 Å². The third-order valence-corrected chi connectivity index (χ3v) is 6.61. The lowest BCUT2D eigenvalue weighted by Gasteiger charge is -2.26. The third kappa shape index (κ3) is 5.06. The summed E-state index contributed by atoms with van der Waals surface area (Å²) in [6.07, 6.45) is -1.90. The number of aryl methyl sites for hydroxylation is 2. The van der Waals surface area contributed by atoms with E-state index in [9.17, 15) is 28.0 Å². The highest BCUT2D eigenvalue weighted by Gasteiger charge is 2.36. The van der Waals surface area contributed by atoms with Gasteiger partial charge in [-0.05, 0) is 68.0 Å². The number of rotatable bonds is 4. The van der Waals surface area contributed by atoms with Crippen LogP contribution in [0.4, 0.5) is 13.2 Å². The smallest absolute Gasteiger partial charge is 0.339 e. The molecule has 2 aromatic carbocycles. The average molecular weight is 494 g/mol. The van der Waals surface area contributed by atoms with Gasteiger partial charge in [0.25, 0.3) is 11.5 Å². The highest BCUT2D eigenvalue weighted by molar-refractivity contribution is 5.94. The number of amides is 1. The molecule has 1 saturated heterocycles. The van der Waals surface area contributed by atoms with Crippen molar-refractivity contribution >= 4 is 5.91 Å². The molecule has 1 aliphatic rings. The molecule has 0 N–H and O–H groups in total. The van der Waals surface area contributed by atoms with Crippen LogP contribution >= 0.6 is 0 Å². The molecule has 2 heterocycles. The van der Waals surface area contributed by atoms with Gasteiger partial charge in [0.2, 0.25) is 0 Å². The molecule has 0 spiro atoms. The van der Waals surface area contributed by atoms with Crippen molar-refractivity contribution in [2.45, 2.75) is 45.8 Å². The predicted molar refractivity (Wildman–Crippen MR) is 131 cm³/mol. The van der Waals surface area contributed by atoms with Crippen molar-refractivity contribution in [1.29, 1.82) is 5.26 Å². The summed E-state index contributed by atoms with van der Waals surface area (Å²) >= 11 is 0. The van der Waals surface area contributed by atoms with Gasteiger partial charge in [-0.3, -0.25) is 9.59 Å². The molecule has 1 amide bonds. The van der Waals surface area contributed by atoms with E-state index in [0.717, 1.165) is 42.0 Å². The van der Waals surface area contributed by atoms with Crippen LogP contribution in [-0.2, 0) is 12.7 Å². The molecule has 1 aromatic heterocycles. The molecule has 4 rings (SSSR count). The number of carbonyl (C=O) groups is 1. The maximum absolute atomic E-state index is 13.8. The number of piperidine rings is 1. The molecular weight excluding hydrogens is 467 g/mol. The number of hydrogen-bond acceptors (Lipinski definition) is 3. The first-order valence-corrected chi connectivity index (χ1v) is 11.8. The maximum atomic E-state index is 13.8. The van der Waals surface area contributed by atoms with Crippen LogP contribution in [0.2, 0.25) is 0 Å². The Kier molecular flexibility index (Phi) is 7.02. The Hall–Kier alpha value is -3.86. The van der Waals surface area contributed by atoms with Gasteiger partial charge >= 0.3 is 6.18 Å². The van der Waals surface area contributed by atoms with Crippen LogP contribution in [0.1, 0.15) is 57.4 Å². The van der Waals surface area contributed by atoms with Crippen LogP contribution in [-0.4, -0.2) is 28.5 Å². The van der Waals surface area contributed by atoms with Crippen LogP contribution in [0.3, 0.4) is 0 Å². The molecular formula is C28H26F3N3O2. The van der Waals surface area contributed by atoms with Crippen molar-refractivity contribution in [2.24, 2.45) is 0 Å². The number of carbonyl (C=O) groups excluding carboxylic acids is 1. The Balaban J connectivity index is 1.83. The van der Waals surface area contributed by atoms with Gasteiger partial charge in [-0.1, -0.05) is 35.9 Å². The second kappa shape index (κ2) is 10.0. The molecule has 186 valence electrons. The van der Waals surface area contributed by atoms with Crippen LogP contribution in [0.5, 0.6) is 0 Å². The fourth-order valence-corrected chi connectivity index (χ4v) is 4.63. The molecule has 1 aliphatic heterocycles. The van der Waals surface area contributed by atoms with Gasteiger partial charge in [-0.15, -0.1) is 0 Å². The van der Waals surface area contributed by atoms with Gasteiger partial charge in [0.15, 0.2) is 0 Å². The molecule has 0 bridgehead atoms.